The highest BCUT2D eigenvalue weighted by Crippen LogP contribution is 2.09. The van der Waals surface area contributed by atoms with Crippen LogP contribution >= 0.6 is 0 Å². The van der Waals surface area contributed by atoms with Crippen LogP contribution in [0.15, 0.2) is 0 Å². The average Bonchev–Trinajstić information content (AvgIpc) is 2.46. The Morgan fingerprint density at radius 1 is 1.42 bits per heavy atom. The molecule has 0 radical (unpaired) electrons. The van der Waals surface area contributed by atoms with Crippen LogP contribution in [0.1, 0.15) is 33.1 Å². The summed E-state index contributed by atoms with van der Waals surface area (Å²) in [5.41, 5.74) is 0. The molecule has 19 heavy (non-hydrogen) atoms. The van der Waals surface area contributed by atoms with Gasteiger partial charge in [-0.1, -0.05) is 6.92 Å². The molecular formula is C14H28N2O3. The van der Waals surface area contributed by atoms with Crippen LogP contribution in [0, 0.1) is 0 Å². The van der Waals surface area contributed by atoms with Crippen LogP contribution in [0.2, 0.25) is 0 Å². The second-order valence-corrected chi connectivity index (χ2v) is 5.10. The van der Waals surface area contributed by atoms with Crippen molar-refractivity contribution in [3.8, 4) is 0 Å². The molecule has 1 unspecified atom stereocenters. The Labute approximate surface area is 116 Å². The summed E-state index contributed by atoms with van der Waals surface area (Å²) < 4.78 is 10.8. The molecule has 112 valence electrons. The molecule has 0 aromatic heterocycles. The van der Waals surface area contributed by atoms with E-state index in [1.165, 1.54) is 0 Å². The highest BCUT2D eigenvalue weighted by atomic mass is 16.5. The molecule has 0 aromatic carbocycles. The number of carbonyl (C=O) groups is 1. The van der Waals surface area contributed by atoms with Crippen LogP contribution in [0.3, 0.4) is 0 Å². The van der Waals surface area contributed by atoms with Crippen LogP contribution in [0.4, 0.5) is 0 Å². The molecule has 5 heteroatoms. The predicted octanol–water partition coefficient (Wildman–Crippen LogP) is 1.03. The lowest BCUT2D eigenvalue weighted by atomic mass is 10.1. The van der Waals surface area contributed by atoms with Gasteiger partial charge in [0.05, 0.1) is 12.7 Å². The van der Waals surface area contributed by atoms with Crippen molar-refractivity contribution in [3.05, 3.63) is 0 Å². The van der Waals surface area contributed by atoms with E-state index in [9.17, 15) is 4.79 Å². The number of piperidine rings is 1. The summed E-state index contributed by atoms with van der Waals surface area (Å²) in [6.07, 6.45) is 3.16. The molecular weight excluding hydrogens is 244 g/mol. The first-order chi connectivity index (χ1) is 9.19. The Kier molecular flexibility index (Phi) is 8.02. The highest BCUT2D eigenvalue weighted by molar-refractivity contribution is 5.77. The zero-order chi connectivity index (χ0) is 14.1. The molecule has 1 aliphatic rings. The van der Waals surface area contributed by atoms with Gasteiger partial charge in [-0.15, -0.1) is 0 Å². The highest BCUT2D eigenvalue weighted by Gasteiger charge is 2.21. The second-order valence-electron chi connectivity index (χ2n) is 5.10. The molecule has 1 heterocycles. The smallest absolute Gasteiger partial charge is 0.248 e. The van der Waals surface area contributed by atoms with E-state index in [1.54, 1.807) is 7.11 Å². The fourth-order valence-electron chi connectivity index (χ4n) is 2.24. The molecule has 1 aliphatic heterocycles. The third-order valence-electron chi connectivity index (χ3n) is 3.71. The molecule has 0 saturated carbocycles. The van der Waals surface area contributed by atoms with Crippen molar-refractivity contribution in [2.75, 3.05) is 40.0 Å². The van der Waals surface area contributed by atoms with Gasteiger partial charge in [0.25, 0.3) is 0 Å². The molecule has 1 amide bonds. The fraction of sp³-hybridized carbons (Fsp3) is 0.929. The van der Waals surface area contributed by atoms with E-state index in [0.717, 1.165) is 32.4 Å². The standard InChI is InChI=1S/C14H28N2O3/c1-4-12(2)16(9-10-18-3)14(17)11-19-13-5-7-15-8-6-13/h12-13,15H,4-11H2,1-3H3. The van der Waals surface area contributed by atoms with Gasteiger partial charge >= 0.3 is 0 Å². The van der Waals surface area contributed by atoms with Crippen LogP contribution in [0.5, 0.6) is 0 Å². The zero-order valence-electron chi connectivity index (χ0n) is 12.5. The monoisotopic (exact) mass is 272 g/mol. The van der Waals surface area contributed by atoms with Gasteiger partial charge in [-0.2, -0.15) is 0 Å². The number of nitrogens with one attached hydrogen (secondary N) is 1. The average molecular weight is 272 g/mol. The molecule has 0 aromatic rings. The van der Waals surface area contributed by atoms with Gasteiger partial charge in [0, 0.05) is 19.7 Å². The lowest BCUT2D eigenvalue weighted by Crippen LogP contribution is -2.43. The summed E-state index contributed by atoms with van der Waals surface area (Å²) in [5, 5.41) is 3.29. The normalized spacial score (nSPS) is 18.3. The van der Waals surface area contributed by atoms with E-state index in [1.807, 2.05) is 4.90 Å². The predicted molar refractivity (Wildman–Crippen MR) is 75.2 cm³/mol. The Morgan fingerprint density at radius 3 is 2.68 bits per heavy atom. The maximum atomic E-state index is 12.2. The number of ether oxygens (including phenoxy) is 2. The number of rotatable bonds is 8. The summed E-state index contributed by atoms with van der Waals surface area (Å²) in [6, 6.07) is 0.235. The lowest BCUT2D eigenvalue weighted by molar-refractivity contribution is -0.141. The summed E-state index contributed by atoms with van der Waals surface area (Å²) in [6.45, 7) is 7.53. The first-order valence-corrected chi connectivity index (χ1v) is 7.29. The van der Waals surface area contributed by atoms with Gasteiger partial charge in [-0.05, 0) is 39.3 Å². The Hall–Kier alpha value is -0.650. The Bertz CT molecular complexity index is 255. The van der Waals surface area contributed by atoms with Gasteiger partial charge in [-0.25, -0.2) is 0 Å². The van der Waals surface area contributed by atoms with Gasteiger partial charge in [0.1, 0.15) is 6.61 Å². The first-order valence-electron chi connectivity index (χ1n) is 7.29. The number of carbonyl (C=O) groups excluding carboxylic acids is 1. The lowest BCUT2D eigenvalue weighted by Gasteiger charge is -2.30. The minimum Gasteiger partial charge on any atom is -0.383 e. The molecule has 0 spiro atoms. The summed E-state index contributed by atoms with van der Waals surface area (Å²) in [7, 11) is 1.66. The van der Waals surface area contributed by atoms with Gasteiger partial charge in [0.15, 0.2) is 0 Å². The van der Waals surface area contributed by atoms with Gasteiger partial charge in [0.2, 0.25) is 5.91 Å². The van der Waals surface area contributed by atoms with Crippen LogP contribution in [-0.2, 0) is 14.3 Å². The number of nitrogens with zero attached hydrogens (tertiary/aromatic N) is 1. The van der Waals surface area contributed by atoms with Crippen molar-refractivity contribution < 1.29 is 14.3 Å². The number of methoxy groups -OCH3 is 1. The minimum absolute atomic E-state index is 0.0740. The maximum absolute atomic E-state index is 12.2. The van der Waals surface area contributed by atoms with E-state index in [4.69, 9.17) is 9.47 Å². The van der Waals surface area contributed by atoms with Crippen LogP contribution < -0.4 is 5.32 Å². The first kappa shape index (κ1) is 16.4. The molecule has 1 fully saturated rings. The molecule has 1 rings (SSSR count). The van der Waals surface area contributed by atoms with Crippen molar-refractivity contribution in [1.29, 1.82) is 0 Å². The third-order valence-corrected chi connectivity index (χ3v) is 3.71. The SMILES string of the molecule is CCC(C)N(CCOC)C(=O)COC1CCNCC1. The largest absolute Gasteiger partial charge is 0.383 e. The van der Waals surface area contributed by atoms with Crippen molar-refractivity contribution in [1.82, 2.24) is 10.2 Å². The zero-order valence-corrected chi connectivity index (χ0v) is 12.5. The van der Waals surface area contributed by atoms with Crippen LogP contribution in [0.25, 0.3) is 0 Å². The summed E-state index contributed by atoms with van der Waals surface area (Å²) in [4.78, 5) is 14.1. The fourth-order valence-corrected chi connectivity index (χ4v) is 2.24. The van der Waals surface area contributed by atoms with Crippen molar-refractivity contribution in [2.24, 2.45) is 0 Å². The molecule has 1 saturated heterocycles. The topological polar surface area (TPSA) is 50.8 Å². The maximum Gasteiger partial charge on any atom is 0.248 e. The number of amides is 1. The van der Waals surface area contributed by atoms with E-state index in [2.05, 4.69) is 19.2 Å². The van der Waals surface area contributed by atoms with Gasteiger partial charge in [-0.3, -0.25) is 4.79 Å². The van der Waals surface area contributed by atoms with Crippen molar-refractivity contribution >= 4 is 5.91 Å². The van der Waals surface area contributed by atoms with Gasteiger partial charge < -0.3 is 19.7 Å². The van der Waals surface area contributed by atoms with E-state index in [0.29, 0.717) is 13.2 Å². The molecule has 1 atom stereocenters. The van der Waals surface area contributed by atoms with Crippen LogP contribution in [-0.4, -0.2) is 62.9 Å². The Morgan fingerprint density at radius 2 is 2.11 bits per heavy atom. The number of hydrogen-bond acceptors (Lipinski definition) is 4. The van der Waals surface area contributed by atoms with Crippen molar-refractivity contribution in [2.45, 2.75) is 45.3 Å². The minimum atomic E-state index is 0.0740. The molecule has 0 aliphatic carbocycles. The molecule has 5 nitrogen and oxygen atoms in total. The third kappa shape index (κ3) is 5.89. The second kappa shape index (κ2) is 9.28. The quantitative estimate of drug-likeness (QED) is 0.717. The summed E-state index contributed by atoms with van der Waals surface area (Å²) in [5.74, 6) is 0.0740. The van der Waals surface area contributed by atoms with E-state index in [-0.39, 0.29) is 24.7 Å². The van der Waals surface area contributed by atoms with Crippen molar-refractivity contribution in [3.63, 3.8) is 0 Å². The summed E-state index contributed by atoms with van der Waals surface area (Å²) >= 11 is 0. The van der Waals surface area contributed by atoms with E-state index >= 15 is 0 Å². The number of hydrogen-bond donors (Lipinski definition) is 1. The van der Waals surface area contributed by atoms with E-state index < -0.39 is 0 Å². The molecule has 0 bridgehead atoms. The molecule has 1 N–H and O–H groups in total. The Balaban J connectivity index is 2.37.